The van der Waals surface area contributed by atoms with Crippen LogP contribution in [0.1, 0.15) is 82.0 Å². The Kier molecular flexibility index (Phi) is 11.5. The molecule has 0 saturated carbocycles. The van der Waals surface area contributed by atoms with Gasteiger partial charge < -0.3 is 14.8 Å². The minimum atomic E-state index is -0.138. The van der Waals surface area contributed by atoms with Gasteiger partial charge in [0.2, 0.25) is 0 Å². The number of hydrogen-bond acceptors (Lipinski definition) is 3. The number of anilines is 1. The van der Waals surface area contributed by atoms with E-state index in [4.69, 9.17) is 9.47 Å². The van der Waals surface area contributed by atoms with E-state index < -0.39 is 0 Å². The lowest BCUT2D eigenvalue weighted by Crippen LogP contribution is -2.12. The maximum absolute atomic E-state index is 12.5. The zero-order chi connectivity index (χ0) is 21.4. The summed E-state index contributed by atoms with van der Waals surface area (Å²) in [6, 6.07) is 14.9. The molecule has 0 fully saturated rings. The van der Waals surface area contributed by atoms with Crippen LogP contribution in [-0.4, -0.2) is 19.1 Å². The highest BCUT2D eigenvalue weighted by atomic mass is 16.5. The first-order chi connectivity index (χ1) is 14.7. The Bertz CT molecular complexity index is 727. The van der Waals surface area contributed by atoms with Crippen LogP contribution in [0.2, 0.25) is 0 Å². The van der Waals surface area contributed by atoms with E-state index >= 15 is 0 Å². The maximum Gasteiger partial charge on any atom is 0.255 e. The van der Waals surface area contributed by atoms with Crippen molar-refractivity contribution in [3.05, 3.63) is 54.1 Å². The first-order valence-electron chi connectivity index (χ1n) is 11.5. The molecule has 1 amide bonds. The average Bonchev–Trinajstić information content (AvgIpc) is 2.77. The fourth-order valence-corrected chi connectivity index (χ4v) is 3.18. The van der Waals surface area contributed by atoms with E-state index in [1.807, 2.05) is 36.4 Å². The van der Waals surface area contributed by atoms with Crippen molar-refractivity contribution in [3.63, 3.8) is 0 Å². The number of carbonyl (C=O) groups excluding carboxylic acids is 1. The molecule has 30 heavy (non-hydrogen) atoms. The van der Waals surface area contributed by atoms with Gasteiger partial charge in [0.05, 0.1) is 13.2 Å². The van der Waals surface area contributed by atoms with Gasteiger partial charge in [0.15, 0.2) is 0 Å². The number of hydrogen-bond donors (Lipinski definition) is 1. The van der Waals surface area contributed by atoms with Gasteiger partial charge in [-0.05, 0) is 49.2 Å². The van der Waals surface area contributed by atoms with Crippen LogP contribution in [0.3, 0.4) is 0 Å². The van der Waals surface area contributed by atoms with E-state index in [1.54, 1.807) is 12.1 Å². The number of carbonyl (C=O) groups is 1. The van der Waals surface area contributed by atoms with Gasteiger partial charge in [0.25, 0.3) is 5.91 Å². The minimum absolute atomic E-state index is 0.138. The molecule has 0 bridgehead atoms. The predicted octanol–water partition coefficient (Wildman–Crippen LogP) is 7.25. The molecule has 2 aromatic rings. The summed E-state index contributed by atoms with van der Waals surface area (Å²) >= 11 is 0. The molecular weight excluding hydrogens is 374 g/mol. The van der Waals surface area contributed by atoms with Crippen molar-refractivity contribution in [1.29, 1.82) is 0 Å². The normalized spacial score (nSPS) is 10.6. The van der Waals surface area contributed by atoms with Crippen molar-refractivity contribution < 1.29 is 14.3 Å². The Morgan fingerprint density at radius 2 is 1.33 bits per heavy atom. The van der Waals surface area contributed by atoms with Gasteiger partial charge in [0, 0.05) is 17.3 Å². The Morgan fingerprint density at radius 1 is 0.733 bits per heavy atom. The second-order valence-corrected chi connectivity index (χ2v) is 7.68. The minimum Gasteiger partial charge on any atom is -0.494 e. The molecule has 0 aliphatic heterocycles. The Morgan fingerprint density at radius 3 is 2.00 bits per heavy atom. The van der Waals surface area contributed by atoms with Crippen LogP contribution in [0, 0.1) is 0 Å². The second kappa shape index (κ2) is 14.5. The zero-order valence-corrected chi connectivity index (χ0v) is 18.6. The summed E-state index contributed by atoms with van der Waals surface area (Å²) in [5.41, 5.74) is 1.34. The summed E-state index contributed by atoms with van der Waals surface area (Å²) in [4.78, 5) is 12.5. The third-order valence-corrected chi connectivity index (χ3v) is 4.99. The lowest BCUT2D eigenvalue weighted by atomic mass is 10.1. The van der Waals surface area contributed by atoms with Crippen molar-refractivity contribution in [3.8, 4) is 11.5 Å². The standard InChI is InChI=1S/C26H37NO3/c1-3-5-7-9-11-19-29-24-17-15-22(16-18-24)26(28)27-23-13-12-14-25(21-23)30-20-10-8-6-4-2/h12-18,21H,3-11,19-20H2,1-2H3,(H,27,28). The molecule has 4 heteroatoms. The summed E-state index contributed by atoms with van der Waals surface area (Å²) in [5.74, 6) is 1.45. The topological polar surface area (TPSA) is 47.6 Å². The summed E-state index contributed by atoms with van der Waals surface area (Å²) in [7, 11) is 0. The van der Waals surface area contributed by atoms with Crippen LogP contribution >= 0.6 is 0 Å². The molecule has 0 radical (unpaired) electrons. The first kappa shape index (κ1) is 23.8. The number of amides is 1. The zero-order valence-electron chi connectivity index (χ0n) is 18.6. The third-order valence-electron chi connectivity index (χ3n) is 4.99. The van der Waals surface area contributed by atoms with Crippen LogP contribution in [0.15, 0.2) is 48.5 Å². The molecule has 0 aliphatic rings. The van der Waals surface area contributed by atoms with Crippen LogP contribution in [-0.2, 0) is 0 Å². The summed E-state index contributed by atoms with van der Waals surface area (Å²) in [6.45, 7) is 5.84. The molecular formula is C26H37NO3. The fourth-order valence-electron chi connectivity index (χ4n) is 3.18. The summed E-state index contributed by atoms with van der Waals surface area (Å²) in [6.07, 6.45) is 10.8. The molecule has 0 aliphatic carbocycles. The van der Waals surface area contributed by atoms with Crippen molar-refractivity contribution >= 4 is 11.6 Å². The van der Waals surface area contributed by atoms with Gasteiger partial charge in [-0.2, -0.15) is 0 Å². The quantitative estimate of drug-likeness (QED) is 0.314. The van der Waals surface area contributed by atoms with Gasteiger partial charge >= 0.3 is 0 Å². The average molecular weight is 412 g/mol. The SMILES string of the molecule is CCCCCCCOc1ccc(C(=O)Nc2cccc(OCCCCCC)c2)cc1. The molecule has 0 spiro atoms. The van der Waals surface area contributed by atoms with Crippen LogP contribution in [0.4, 0.5) is 5.69 Å². The van der Waals surface area contributed by atoms with Gasteiger partial charge in [-0.3, -0.25) is 4.79 Å². The van der Waals surface area contributed by atoms with E-state index in [0.717, 1.165) is 36.6 Å². The van der Waals surface area contributed by atoms with E-state index in [-0.39, 0.29) is 5.91 Å². The highest BCUT2D eigenvalue weighted by Crippen LogP contribution is 2.20. The molecule has 164 valence electrons. The van der Waals surface area contributed by atoms with Crippen molar-refractivity contribution in [2.24, 2.45) is 0 Å². The number of nitrogens with one attached hydrogen (secondary N) is 1. The molecule has 0 unspecified atom stereocenters. The van der Waals surface area contributed by atoms with Gasteiger partial charge in [-0.15, -0.1) is 0 Å². The molecule has 0 atom stereocenters. The molecule has 4 nitrogen and oxygen atoms in total. The van der Waals surface area contributed by atoms with E-state index in [9.17, 15) is 4.79 Å². The van der Waals surface area contributed by atoms with E-state index in [0.29, 0.717) is 12.2 Å². The summed E-state index contributed by atoms with van der Waals surface area (Å²) < 4.78 is 11.6. The molecule has 1 N–H and O–H groups in total. The molecule has 0 saturated heterocycles. The van der Waals surface area contributed by atoms with Gasteiger partial charge in [0.1, 0.15) is 11.5 Å². The second-order valence-electron chi connectivity index (χ2n) is 7.68. The first-order valence-corrected chi connectivity index (χ1v) is 11.5. The monoisotopic (exact) mass is 411 g/mol. The predicted molar refractivity (Wildman–Crippen MR) is 125 cm³/mol. The smallest absolute Gasteiger partial charge is 0.255 e. The van der Waals surface area contributed by atoms with Crippen LogP contribution in [0.25, 0.3) is 0 Å². The fraction of sp³-hybridized carbons (Fsp3) is 0.500. The Labute approximate surface area is 182 Å². The van der Waals surface area contributed by atoms with Crippen LogP contribution < -0.4 is 14.8 Å². The van der Waals surface area contributed by atoms with Crippen molar-refractivity contribution in [2.75, 3.05) is 18.5 Å². The van der Waals surface area contributed by atoms with E-state index in [2.05, 4.69) is 19.2 Å². The molecule has 0 aromatic heterocycles. The largest absolute Gasteiger partial charge is 0.494 e. The molecule has 2 rings (SSSR count). The van der Waals surface area contributed by atoms with E-state index in [1.165, 1.54) is 44.9 Å². The van der Waals surface area contributed by atoms with Crippen LogP contribution in [0.5, 0.6) is 11.5 Å². The molecule has 0 heterocycles. The number of benzene rings is 2. The lowest BCUT2D eigenvalue weighted by molar-refractivity contribution is 0.102. The Balaban J connectivity index is 1.76. The maximum atomic E-state index is 12.5. The summed E-state index contributed by atoms with van der Waals surface area (Å²) in [5, 5.41) is 2.94. The highest BCUT2D eigenvalue weighted by molar-refractivity contribution is 6.04. The number of unbranched alkanes of at least 4 members (excludes halogenated alkanes) is 7. The van der Waals surface area contributed by atoms with Gasteiger partial charge in [-0.25, -0.2) is 0 Å². The van der Waals surface area contributed by atoms with Crippen molar-refractivity contribution in [1.82, 2.24) is 0 Å². The number of rotatable bonds is 15. The Hall–Kier alpha value is -2.49. The van der Waals surface area contributed by atoms with Gasteiger partial charge in [-0.1, -0.05) is 64.9 Å². The van der Waals surface area contributed by atoms with Crippen molar-refractivity contribution in [2.45, 2.75) is 71.6 Å². The lowest BCUT2D eigenvalue weighted by Gasteiger charge is -2.10. The third kappa shape index (κ3) is 9.34. The number of ether oxygens (including phenoxy) is 2. The molecule has 2 aromatic carbocycles. The highest BCUT2D eigenvalue weighted by Gasteiger charge is 2.07.